The van der Waals surface area contributed by atoms with Gasteiger partial charge in [-0.05, 0) is 49.1 Å². The number of nitrogens with one attached hydrogen (secondary N) is 1. The molecule has 3 heterocycles. The number of aryl methyl sites for hydroxylation is 1. The summed E-state index contributed by atoms with van der Waals surface area (Å²) in [7, 11) is 1.54. The summed E-state index contributed by atoms with van der Waals surface area (Å²) in [5.41, 5.74) is 6.13. The summed E-state index contributed by atoms with van der Waals surface area (Å²) < 4.78 is 0. The molecule has 0 bridgehead atoms. The van der Waals surface area contributed by atoms with Crippen molar-refractivity contribution in [3.63, 3.8) is 0 Å². The first kappa shape index (κ1) is 27.5. The number of aromatic amines is 1. The molecule has 8 nitrogen and oxygen atoms in total. The first-order chi connectivity index (χ1) is 19.2. The third-order valence-corrected chi connectivity index (χ3v) is 8.23. The second-order valence-electron chi connectivity index (χ2n) is 10.5. The van der Waals surface area contributed by atoms with Crippen LogP contribution in [-0.2, 0) is 4.79 Å². The topological polar surface area (TPSA) is 92.8 Å². The monoisotopic (exact) mass is 559 g/mol. The molecule has 0 radical (unpaired) electrons. The van der Waals surface area contributed by atoms with Crippen LogP contribution in [0.2, 0.25) is 5.02 Å². The van der Waals surface area contributed by atoms with E-state index < -0.39 is 12.0 Å². The van der Waals surface area contributed by atoms with E-state index in [4.69, 9.17) is 16.6 Å². The Balaban J connectivity index is 1.41. The molecule has 4 aromatic rings. The van der Waals surface area contributed by atoms with Crippen molar-refractivity contribution in [1.29, 1.82) is 0 Å². The summed E-state index contributed by atoms with van der Waals surface area (Å²) in [5.74, 6) is -0.464. The van der Waals surface area contributed by atoms with Crippen LogP contribution >= 0.6 is 11.6 Å². The number of rotatable bonds is 7. The molecule has 2 N–H and O–H groups in total. The molecule has 2 amide bonds. The van der Waals surface area contributed by atoms with Crippen molar-refractivity contribution in [3.05, 3.63) is 83.1 Å². The molecule has 1 aliphatic rings. The maximum atomic E-state index is 14.0. The van der Waals surface area contributed by atoms with E-state index in [9.17, 15) is 14.7 Å². The summed E-state index contributed by atoms with van der Waals surface area (Å²) in [6.07, 6.45) is 3.29. The van der Waals surface area contributed by atoms with Crippen LogP contribution in [0.5, 0.6) is 0 Å². The number of piperazine rings is 1. The Morgan fingerprint density at radius 2 is 1.75 bits per heavy atom. The number of halogens is 1. The molecule has 2 aromatic heterocycles. The van der Waals surface area contributed by atoms with Crippen molar-refractivity contribution in [2.45, 2.75) is 32.2 Å². The average molecular weight is 560 g/mol. The molecule has 0 saturated carbocycles. The van der Waals surface area contributed by atoms with Gasteiger partial charge in [0.2, 0.25) is 5.91 Å². The Labute approximate surface area is 239 Å². The van der Waals surface area contributed by atoms with Crippen LogP contribution in [0.1, 0.15) is 30.4 Å². The third-order valence-electron chi connectivity index (χ3n) is 7.97. The zero-order valence-electron chi connectivity index (χ0n) is 23.0. The SMILES string of the molecule is Cc1c[nH]c2ncc(-c3ccccc3)c(N3CCN(C(=O)C(CC(C)N(C)C(=O)O)c4ccc(Cl)cc4)CC3)c12. The van der Waals surface area contributed by atoms with Gasteiger partial charge in [0.1, 0.15) is 5.65 Å². The summed E-state index contributed by atoms with van der Waals surface area (Å²) >= 11 is 6.12. The first-order valence-corrected chi connectivity index (χ1v) is 13.9. The molecule has 2 aromatic carbocycles. The van der Waals surface area contributed by atoms with Crippen LogP contribution in [0.15, 0.2) is 67.0 Å². The van der Waals surface area contributed by atoms with Crippen molar-refractivity contribution in [2.75, 3.05) is 38.1 Å². The fourth-order valence-electron chi connectivity index (χ4n) is 5.52. The second kappa shape index (κ2) is 11.6. The number of carboxylic acid groups (broad SMARTS) is 1. The van der Waals surface area contributed by atoms with Gasteiger partial charge in [-0.15, -0.1) is 0 Å². The van der Waals surface area contributed by atoms with Crippen molar-refractivity contribution >= 4 is 40.3 Å². The number of amides is 2. The molecular weight excluding hydrogens is 526 g/mol. The van der Waals surface area contributed by atoms with E-state index in [0.29, 0.717) is 37.6 Å². The van der Waals surface area contributed by atoms with Gasteiger partial charge in [-0.25, -0.2) is 9.78 Å². The fourth-order valence-corrected chi connectivity index (χ4v) is 5.65. The number of carbonyl (C=O) groups excluding carboxylic acids is 1. The van der Waals surface area contributed by atoms with Crippen LogP contribution < -0.4 is 4.90 Å². The standard InChI is InChI=1S/C31H34ClN5O3/c1-20-18-33-29-27(20)28(26(19-34-29)22-7-5-4-6-8-22)36-13-15-37(16-14-36)30(38)25(17-21(2)35(3)31(39)40)23-9-11-24(32)12-10-23/h4-12,18-19,21,25H,13-17H2,1-3H3,(H,33,34)(H,39,40). The highest BCUT2D eigenvalue weighted by molar-refractivity contribution is 6.30. The maximum absolute atomic E-state index is 14.0. The lowest BCUT2D eigenvalue weighted by molar-refractivity contribution is -0.133. The Hall–Kier alpha value is -4.04. The molecule has 0 spiro atoms. The van der Waals surface area contributed by atoms with Crippen molar-refractivity contribution < 1.29 is 14.7 Å². The maximum Gasteiger partial charge on any atom is 0.407 e. The molecule has 208 valence electrons. The highest BCUT2D eigenvalue weighted by atomic mass is 35.5. The molecule has 1 aliphatic heterocycles. The average Bonchev–Trinajstić information content (AvgIpc) is 3.36. The highest BCUT2D eigenvalue weighted by Gasteiger charge is 2.32. The van der Waals surface area contributed by atoms with Gasteiger partial charge >= 0.3 is 6.09 Å². The van der Waals surface area contributed by atoms with Gasteiger partial charge < -0.3 is 24.8 Å². The van der Waals surface area contributed by atoms with E-state index >= 15 is 0 Å². The minimum absolute atomic E-state index is 0.00796. The zero-order valence-corrected chi connectivity index (χ0v) is 23.7. The number of nitrogens with zero attached hydrogens (tertiary/aromatic N) is 4. The summed E-state index contributed by atoms with van der Waals surface area (Å²) in [6, 6.07) is 17.2. The van der Waals surface area contributed by atoms with Gasteiger partial charge in [0.15, 0.2) is 0 Å². The van der Waals surface area contributed by atoms with Crippen molar-refractivity contribution in [3.8, 4) is 11.1 Å². The molecule has 40 heavy (non-hydrogen) atoms. The quantitative estimate of drug-likeness (QED) is 0.289. The lowest BCUT2D eigenvalue weighted by Gasteiger charge is -2.39. The van der Waals surface area contributed by atoms with Gasteiger partial charge in [0, 0.05) is 67.6 Å². The molecule has 2 atom stereocenters. The Morgan fingerprint density at radius 1 is 1.07 bits per heavy atom. The number of pyridine rings is 1. The zero-order chi connectivity index (χ0) is 28.4. The largest absolute Gasteiger partial charge is 0.465 e. The molecule has 5 rings (SSSR count). The molecule has 1 fully saturated rings. The van der Waals surface area contributed by atoms with E-state index in [2.05, 4.69) is 28.9 Å². The van der Waals surface area contributed by atoms with Gasteiger partial charge in [-0.2, -0.15) is 0 Å². The first-order valence-electron chi connectivity index (χ1n) is 13.5. The van der Waals surface area contributed by atoms with E-state index in [-0.39, 0.29) is 11.9 Å². The third kappa shape index (κ3) is 5.49. The second-order valence-corrected chi connectivity index (χ2v) is 10.9. The van der Waals surface area contributed by atoms with Crippen LogP contribution in [-0.4, -0.2) is 76.1 Å². The van der Waals surface area contributed by atoms with Crippen LogP contribution in [0, 0.1) is 6.92 Å². The molecule has 2 unspecified atom stereocenters. The number of anilines is 1. The molecule has 1 saturated heterocycles. The van der Waals surface area contributed by atoms with Gasteiger partial charge in [0.05, 0.1) is 11.6 Å². The molecule has 9 heteroatoms. The van der Waals surface area contributed by atoms with Gasteiger partial charge in [0.25, 0.3) is 0 Å². The predicted molar refractivity (Wildman–Crippen MR) is 159 cm³/mol. The number of fused-ring (bicyclic) bond motifs is 1. The Morgan fingerprint density at radius 3 is 2.40 bits per heavy atom. The Bertz CT molecular complexity index is 1500. The Kier molecular flexibility index (Phi) is 7.98. The van der Waals surface area contributed by atoms with Crippen LogP contribution in [0.25, 0.3) is 22.2 Å². The van der Waals surface area contributed by atoms with Crippen molar-refractivity contribution in [2.24, 2.45) is 0 Å². The normalized spacial score (nSPS) is 15.2. The number of aromatic nitrogens is 2. The molecule has 0 aliphatic carbocycles. The fraction of sp³-hybridized carbons (Fsp3) is 0.323. The summed E-state index contributed by atoms with van der Waals surface area (Å²) in [5, 5.41) is 11.2. The van der Waals surface area contributed by atoms with Crippen LogP contribution in [0.4, 0.5) is 10.5 Å². The number of carbonyl (C=O) groups is 2. The number of hydrogen-bond donors (Lipinski definition) is 2. The van der Waals surface area contributed by atoms with E-state index in [0.717, 1.165) is 39.0 Å². The van der Waals surface area contributed by atoms with Gasteiger partial charge in [-0.3, -0.25) is 4.79 Å². The van der Waals surface area contributed by atoms with Crippen LogP contribution in [0.3, 0.4) is 0 Å². The lowest BCUT2D eigenvalue weighted by atomic mass is 9.90. The highest BCUT2D eigenvalue weighted by Crippen LogP contribution is 2.38. The van der Waals surface area contributed by atoms with Gasteiger partial charge in [-0.1, -0.05) is 54.1 Å². The predicted octanol–water partition coefficient (Wildman–Crippen LogP) is 6.01. The smallest absolute Gasteiger partial charge is 0.407 e. The number of benzene rings is 2. The van der Waals surface area contributed by atoms with E-state index in [1.807, 2.05) is 54.5 Å². The summed E-state index contributed by atoms with van der Waals surface area (Å²) in [6.45, 7) is 6.40. The number of hydrogen-bond acceptors (Lipinski definition) is 4. The van der Waals surface area contributed by atoms with E-state index in [1.54, 1.807) is 12.1 Å². The minimum Gasteiger partial charge on any atom is -0.465 e. The lowest BCUT2D eigenvalue weighted by Crippen LogP contribution is -2.50. The number of H-pyrrole nitrogens is 1. The molecular formula is C31H34ClN5O3. The van der Waals surface area contributed by atoms with E-state index in [1.165, 1.54) is 11.9 Å². The minimum atomic E-state index is -1.01. The summed E-state index contributed by atoms with van der Waals surface area (Å²) in [4.78, 5) is 39.0. The van der Waals surface area contributed by atoms with Crippen molar-refractivity contribution in [1.82, 2.24) is 19.8 Å².